The summed E-state index contributed by atoms with van der Waals surface area (Å²) in [6.07, 6.45) is 0.215. The first kappa shape index (κ1) is 14.0. The van der Waals surface area contributed by atoms with Gasteiger partial charge in [0, 0.05) is 6.42 Å². The molecule has 0 spiro atoms. The van der Waals surface area contributed by atoms with Gasteiger partial charge in [-0.2, -0.15) is 0 Å². The number of ketones is 1. The summed E-state index contributed by atoms with van der Waals surface area (Å²) < 4.78 is 4.84. The molecule has 0 aliphatic carbocycles. The number of alkyl halides is 1. The fourth-order valence-corrected chi connectivity index (χ4v) is 1.69. The highest BCUT2D eigenvalue weighted by molar-refractivity contribution is 6.33. The van der Waals surface area contributed by atoms with Crippen molar-refractivity contribution in [1.29, 1.82) is 0 Å². The smallest absolute Gasteiger partial charge is 0.339 e. The molecule has 0 fully saturated rings. The topological polar surface area (TPSA) is 43.4 Å². The zero-order valence-electron chi connectivity index (χ0n) is 9.33. The zero-order valence-corrected chi connectivity index (χ0v) is 10.8. The van der Waals surface area contributed by atoms with E-state index < -0.39 is 5.97 Å². The maximum atomic E-state index is 11.5. The van der Waals surface area contributed by atoms with Gasteiger partial charge in [-0.1, -0.05) is 17.7 Å². The molecule has 0 radical (unpaired) electrons. The molecule has 0 aliphatic heterocycles. The molecule has 1 aromatic rings. The number of benzene rings is 1. The number of carbonyl (C=O) groups excluding carboxylic acids is 2. The maximum Gasteiger partial charge on any atom is 0.339 e. The van der Waals surface area contributed by atoms with Gasteiger partial charge in [0.05, 0.1) is 23.1 Å². The molecule has 0 aromatic heterocycles. The zero-order chi connectivity index (χ0) is 12.8. The fraction of sp³-hybridized carbons (Fsp3) is 0.333. The highest BCUT2D eigenvalue weighted by atomic mass is 35.5. The third-order valence-corrected chi connectivity index (χ3v) is 2.69. The molecule has 3 nitrogen and oxygen atoms in total. The second kappa shape index (κ2) is 6.62. The van der Waals surface area contributed by atoms with Crippen molar-refractivity contribution in [2.24, 2.45) is 0 Å². The second-order valence-corrected chi connectivity index (χ2v) is 4.06. The van der Waals surface area contributed by atoms with Crippen molar-refractivity contribution in [3.05, 3.63) is 34.3 Å². The predicted molar refractivity (Wildman–Crippen MR) is 66.8 cm³/mol. The summed E-state index contributed by atoms with van der Waals surface area (Å²) in [5, 5.41) is 0.281. The Morgan fingerprint density at radius 1 is 1.35 bits per heavy atom. The molecule has 17 heavy (non-hydrogen) atoms. The second-order valence-electron chi connectivity index (χ2n) is 3.38. The van der Waals surface area contributed by atoms with Gasteiger partial charge in [0.15, 0.2) is 5.78 Å². The van der Waals surface area contributed by atoms with Gasteiger partial charge in [-0.25, -0.2) is 4.79 Å². The summed E-state index contributed by atoms with van der Waals surface area (Å²) >= 11 is 11.3. The third kappa shape index (κ3) is 4.02. The van der Waals surface area contributed by atoms with Gasteiger partial charge in [-0.15, -0.1) is 11.6 Å². The first-order chi connectivity index (χ1) is 8.08. The molecular formula is C12H12Cl2O3. The average molecular weight is 275 g/mol. The fourth-order valence-electron chi connectivity index (χ4n) is 1.32. The van der Waals surface area contributed by atoms with E-state index in [2.05, 4.69) is 0 Å². The quantitative estimate of drug-likeness (QED) is 0.613. The number of esters is 1. The van der Waals surface area contributed by atoms with Crippen LogP contribution in [0.5, 0.6) is 0 Å². The Morgan fingerprint density at radius 2 is 2.06 bits per heavy atom. The molecule has 0 heterocycles. The molecule has 1 aromatic carbocycles. The van der Waals surface area contributed by atoms with Crippen LogP contribution in [0.25, 0.3) is 0 Å². The van der Waals surface area contributed by atoms with Crippen LogP contribution in [-0.2, 0) is 16.0 Å². The molecule has 0 N–H and O–H groups in total. The third-order valence-electron chi connectivity index (χ3n) is 2.08. The molecule has 0 saturated heterocycles. The van der Waals surface area contributed by atoms with Crippen molar-refractivity contribution in [1.82, 2.24) is 0 Å². The van der Waals surface area contributed by atoms with Crippen LogP contribution in [0.3, 0.4) is 0 Å². The Hall–Kier alpha value is -1.06. The number of rotatable bonds is 5. The molecule has 5 heteroatoms. The van der Waals surface area contributed by atoms with Crippen LogP contribution < -0.4 is 0 Å². The van der Waals surface area contributed by atoms with Crippen LogP contribution in [0.4, 0.5) is 0 Å². The minimum absolute atomic E-state index is 0.0305. The highest BCUT2D eigenvalue weighted by Crippen LogP contribution is 2.19. The van der Waals surface area contributed by atoms with Crippen molar-refractivity contribution in [2.75, 3.05) is 12.5 Å². The standard InChI is InChI=1S/C12H12Cl2O3/c1-2-17-12(16)10-4-3-8(6-11(10)14)5-9(15)7-13/h3-4,6H,2,5,7H2,1H3. The van der Waals surface area contributed by atoms with Crippen molar-refractivity contribution < 1.29 is 14.3 Å². The van der Waals surface area contributed by atoms with Crippen LogP contribution in [-0.4, -0.2) is 24.2 Å². The summed E-state index contributed by atoms with van der Waals surface area (Å²) in [4.78, 5) is 22.6. The van der Waals surface area contributed by atoms with Gasteiger partial charge < -0.3 is 4.74 Å². The van der Waals surface area contributed by atoms with Crippen molar-refractivity contribution in [3.8, 4) is 0 Å². The molecule has 0 saturated carbocycles. The number of carbonyl (C=O) groups is 2. The van der Waals surface area contributed by atoms with E-state index in [-0.39, 0.29) is 23.1 Å². The highest BCUT2D eigenvalue weighted by Gasteiger charge is 2.12. The number of ether oxygens (including phenoxy) is 1. The molecule has 0 amide bonds. The van der Waals surface area contributed by atoms with E-state index in [4.69, 9.17) is 27.9 Å². The monoisotopic (exact) mass is 274 g/mol. The lowest BCUT2D eigenvalue weighted by molar-refractivity contribution is -0.116. The van der Waals surface area contributed by atoms with Gasteiger partial charge in [-0.05, 0) is 24.6 Å². The predicted octanol–water partition coefficient (Wildman–Crippen LogP) is 2.87. The maximum absolute atomic E-state index is 11.5. The first-order valence-electron chi connectivity index (χ1n) is 5.11. The molecular weight excluding hydrogens is 263 g/mol. The van der Waals surface area contributed by atoms with E-state index in [9.17, 15) is 9.59 Å². The van der Waals surface area contributed by atoms with Gasteiger partial charge in [0.1, 0.15) is 0 Å². The SMILES string of the molecule is CCOC(=O)c1ccc(CC(=O)CCl)cc1Cl. The van der Waals surface area contributed by atoms with E-state index in [1.165, 1.54) is 0 Å². The number of halogens is 2. The summed E-state index contributed by atoms with van der Waals surface area (Å²) in [6, 6.07) is 4.80. The van der Waals surface area contributed by atoms with Crippen molar-refractivity contribution in [3.63, 3.8) is 0 Å². The van der Waals surface area contributed by atoms with Crippen molar-refractivity contribution in [2.45, 2.75) is 13.3 Å². The van der Waals surface area contributed by atoms with Crippen LogP contribution in [0.15, 0.2) is 18.2 Å². The van der Waals surface area contributed by atoms with E-state index in [0.717, 1.165) is 5.56 Å². The van der Waals surface area contributed by atoms with Gasteiger partial charge in [0.2, 0.25) is 0 Å². The van der Waals surface area contributed by atoms with Crippen molar-refractivity contribution >= 4 is 35.0 Å². The molecule has 1 rings (SSSR count). The lowest BCUT2D eigenvalue weighted by atomic mass is 10.1. The van der Waals surface area contributed by atoms with Crippen LogP contribution in [0, 0.1) is 0 Å². The van der Waals surface area contributed by atoms with Crippen LogP contribution in [0.1, 0.15) is 22.8 Å². The lowest BCUT2D eigenvalue weighted by Crippen LogP contribution is -2.07. The molecule has 0 aliphatic rings. The Bertz CT molecular complexity index is 430. The van der Waals surface area contributed by atoms with Crippen LogP contribution in [0.2, 0.25) is 5.02 Å². The van der Waals surface area contributed by atoms with E-state index in [1.807, 2.05) is 0 Å². The van der Waals surface area contributed by atoms with Gasteiger partial charge in [-0.3, -0.25) is 4.79 Å². The largest absolute Gasteiger partial charge is 0.462 e. The molecule has 0 bridgehead atoms. The molecule has 92 valence electrons. The number of hydrogen-bond donors (Lipinski definition) is 0. The Balaban J connectivity index is 2.86. The summed E-state index contributed by atoms with van der Waals surface area (Å²) in [5.41, 5.74) is 1.03. The summed E-state index contributed by atoms with van der Waals surface area (Å²) in [6.45, 7) is 2.01. The Kier molecular flexibility index (Phi) is 5.45. The van der Waals surface area contributed by atoms with E-state index in [0.29, 0.717) is 12.2 Å². The van der Waals surface area contributed by atoms with Gasteiger partial charge >= 0.3 is 5.97 Å². The Morgan fingerprint density at radius 3 is 2.59 bits per heavy atom. The van der Waals surface area contributed by atoms with E-state index in [1.54, 1.807) is 25.1 Å². The molecule has 0 atom stereocenters. The molecule has 0 unspecified atom stereocenters. The van der Waals surface area contributed by atoms with Crippen LogP contribution >= 0.6 is 23.2 Å². The number of Topliss-reactive ketones (excluding diaryl/α,β-unsaturated/α-hetero) is 1. The summed E-state index contributed by atoms with van der Waals surface area (Å²) in [5.74, 6) is -0.587. The Labute approximate surface area is 110 Å². The average Bonchev–Trinajstić information content (AvgIpc) is 2.29. The first-order valence-corrected chi connectivity index (χ1v) is 6.03. The lowest BCUT2D eigenvalue weighted by Gasteiger charge is -2.06. The minimum atomic E-state index is -0.465. The van der Waals surface area contributed by atoms with Gasteiger partial charge in [0.25, 0.3) is 0 Å². The number of hydrogen-bond acceptors (Lipinski definition) is 3. The minimum Gasteiger partial charge on any atom is -0.462 e. The van der Waals surface area contributed by atoms with E-state index >= 15 is 0 Å². The normalized spacial score (nSPS) is 10.1. The summed E-state index contributed by atoms with van der Waals surface area (Å²) in [7, 11) is 0.